The molecular formula is C10H8ClFN2S. The number of hydrogen-bond acceptors (Lipinski definition) is 3. The third kappa shape index (κ3) is 2.67. The number of rotatable bonds is 3. The lowest BCUT2D eigenvalue weighted by atomic mass is 10.3. The first-order valence-electron chi connectivity index (χ1n) is 4.34. The van der Waals surface area contributed by atoms with Gasteiger partial charge in [-0.2, -0.15) is 4.39 Å². The van der Waals surface area contributed by atoms with Gasteiger partial charge in [-0.3, -0.25) is 0 Å². The van der Waals surface area contributed by atoms with Crippen molar-refractivity contribution < 1.29 is 4.39 Å². The molecule has 0 radical (unpaired) electrons. The first kappa shape index (κ1) is 10.4. The molecule has 2 aromatic rings. The molecule has 2 rings (SSSR count). The number of thiophene rings is 1. The Morgan fingerprint density at radius 3 is 2.93 bits per heavy atom. The number of nitrogens with one attached hydrogen (secondary N) is 1. The Morgan fingerprint density at radius 2 is 2.27 bits per heavy atom. The molecule has 0 amide bonds. The Labute approximate surface area is 95.7 Å². The van der Waals surface area contributed by atoms with Gasteiger partial charge in [0.1, 0.15) is 5.82 Å². The van der Waals surface area contributed by atoms with Crippen molar-refractivity contribution in [1.82, 2.24) is 4.98 Å². The van der Waals surface area contributed by atoms with Gasteiger partial charge in [0.15, 0.2) is 0 Å². The third-order valence-electron chi connectivity index (χ3n) is 1.87. The minimum Gasteiger partial charge on any atom is -0.366 e. The largest absolute Gasteiger partial charge is 0.366 e. The van der Waals surface area contributed by atoms with Crippen molar-refractivity contribution in [2.75, 3.05) is 5.32 Å². The van der Waals surface area contributed by atoms with E-state index in [1.807, 2.05) is 11.4 Å². The van der Waals surface area contributed by atoms with Crippen LogP contribution in [0.5, 0.6) is 0 Å². The number of anilines is 1. The maximum absolute atomic E-state index is 12.7. The SMILES string of the molecule is Fc1cccc(NCc2ccsc2Cl)n1. The molecule has 0 fully saturated rings. The van der Waals surface area contributed by atoms with Gasteiger partial charge < -0.3 is 5.32 Å². The molecule has 78 valence electrons. The van der Waals surface area contributed by atoms with Crippen molar-refractivity contribution in [2.24, 2.45) is 0 Å². The average Bonchev–Trinajstić information content (AvgIpc) is 2.61. The predicted octanol–water partition coefficient (Wildman–Crippen LogP) is 3.55. The van der Waals surface area contributed by atoms with E-state index in [4.69, 9.17) is 11.6 Å². The minimum absolute atomic E-state index is 0.489. The second-order valence-corrected chi connectivity index (χ2v) is 4.44. The van der Waals surface area contributed by atoms with Crippen LogP contribution >= 0.6 is 22.9 Å². The molecule has 0 aromatic carbocycles. The van der Waals surface area contributed by atoms with E-state index in [9.17, 15) is 4.39 Å². The molecule has 5 heteroatoms. The number of aromatic nitrogens is 1. The summed E-state index contributed by atoms with van der Waals surface area (Å²) in [7, 11) is 0. The van der Waals surface area contributed by atoms with Crippen LogP contribution in [0.15, 0.2) is 29.6 Å². The molecule has 2 aromatic heterocycles. The van der Waals surface area contributed by atoms with Gasteiger partial charge in [0.05, 0.1) is 4.34 Å². The summed E-state index contributed by atoms with van der Waals surface area (Å²) in [5.41, 5.74) is 0.993. The summed E-state index contributed by atoms with van der Waals surface area (Å²) in [6.07, 6.45) is 0. The molecule has 0 aliphatic heterocycles. The summed E-state index contributed by atoms with van der Waals surface area (Å²) in [6, 6.07) is 6.56. The molecular weight excluding hydrogens is 235 g/mol. The van der Waals surface area contributed by atoms with Crippen LogP contribution in [0.3, 0.4) is 0 Å². The fourth-order valence-corrected chi connectivity index (χ4v) is 2.07. The summed E-state index contributed by atoms with van der Waals surface area (Å²) in [4.78, 5) is 3.68. The highest BCUT2D eigenvalue weighted by molar-refractivity contribution is 7.14. The van der Waals surface area contributed by atoms with Crippen LogP contribution in [0.4, 0.5) is 10.2 Å². The van der Waals surface area contributed by atoms with Crippen molar-refractivity contribution in [3.05, 3.63) is 45.5 Å². The van der Waals surface area contributed by atoms with Crippen molar-refractivity contribution in [3.63, 3.8) is 0 Å². The van der Waals surface area contributed by atoms with Gasteiger partial charge in [0.2, 0.25) is 5.95 Å². The molecule has 15 heavy (non-hydrogen) atoms. The maximum atomic E-state index is 12.7. The fourth-order valence-electron chi connectivity index (χ4n) is 1.14. The van der Waals surface area contributed by atoms with Crippen LogP contribution in [0.2, 0.25) is 4.34 Å². The molecule has 2 heterocycles. The Morgan fingerprint density at radius 1 is 1.40 bits per heavy atom. The van der Waals surface area contributed by atoms with E-state index in [-0.39, 0.29) is 0 Å². The second-order valence-electron chi connectivity index (χ2n) is 2.92. The van der Waals surface area contributed by atoms with Gasteiger partial charge in [-0.1, -0.05) is 17.7 Å². The topological polar surface area (TPSA) is 24.9 Å². The van der Waals surface area contributed by atoms with Gasteiger partial charge in [-0.05, 0) is 23.6 Å². The third-order valence-corrected chi connectivity index (χ3v) is 3.12. The highest BCUT2D eigenvalue weighted by Gasteiger charge is 2.01. The lowest BCUT2D eigenvalue weighted by molar-refractivity contribution is 0.585. The summed E-state index contributed by atoms with van der Waals surface area (Å²) in [6.45, 7) is 0.554. The van der Waals surface area contributed by atoms with Gasteiger partial charge in [0, 0.05) is 12.1 Å². The standard InChI is InChI=1S/C10H8ClFN2S/c11-10-7(4-5-15-10)6-13-9-3-1-2-8(12)14-9/h1-5H,6H2,(H,13,14). The summed E-state index contributed by atoms with van der Waals surface area (Å²) in [5, 5.41) is 4.91. The van der Waals surface area contributed by atoms with Crippen molar-refractivity contribution >= 4 is 28.8 Å². The van der Waals surface area contributed by atoms with Crippen LogP contribution in [-0.2, 0) is 6.54 Å². The molecule has 0 saturated carbocycles. The summed E-state index contributed by atoms with van der Waals surface area (Å²) in [5.74, 6) is 0.0219. The molecule has 0 aliphatic carbocycles. The first-order chi connectivity index (χ1) is 7.25. The minimum atomic E-state index is -0.489. The van der Waals surface area contributed by atoms with Crippen molar-refractivity contribution in [2.45, 2.75) is 6.54 Å². The van der Waals surface area contributed by atoms with E-state index in [1.165, 1.54) is 17.4 Å². The smallest absolute Gasteiger partial charge is 0.214 e. The number of halogens is 2. The molecule has 0 spiro atoms. The lowest BCUT2D eigenvalue weighted by Gasteiger charge is -2.03. The molecule has 2 nitrogen and oxygen atoms in total. The number of nitrogens with zero attached hydrogens (tertiary/aromatic N) is 1. The highest BCUT2D eigenvalue weighted by Crippen LogP contribution is 2.23. The zero-order chi connectivity index (χ0) is 10.7. The molecule has 0 aliphatic rings. The zero-order valence-corrected chi connectivity index (χ0v) is 9.28. The van der Waals surface area contributed by atoms with E-state index in [0.29, 0.717) is 12.4 Å². The van der Waals surface area contributed by atoms with E-state index in [0.717, 1.165) is 9.90 Å². The van der Waals surface area contributed by atoms with E-state index < -0.39 is 5.95 Å². The van der Waals surface area contributed by atoms with Crippen LogP contribution in [0.1, 0.15) is 5.56 Å². The zero-order valence-electron chi connectivity index (χ0n) is 7.71. The quantitative estimate of drug-likeness (QED) is 0.833. The van der Waals surface area contributed by atoms with Gasteiger partial charge in [0.25, 0.3) is 0 Å². The number of pyridine rings is 1. The molecule has 1 N–H and O–H groups in total. The predicted molar refractivity (Wildman–Crippen MR) is 60.9 cm³/mol. The normalized spacial score (nSPS) is 10.3. The Kier molecular flexibility index (Phi) is 3.18. The van der Waals surface area contributed by atoms with Crippen molar-refractivity contribution in [3.8, 4) is 0 Å². The van der Waals surface area contributed by atoms with E-state index >= 15 is 0 Å². The van der Waals surface area contributed by atoms with Crippen molar-refractivity contribution in [1.29, 1.82) is 0 Å². The van der Waals surface area contributed by atoms with E-state index in [2.05, 4.69) is 10.3 Å². The molecule has 0 atom stereocenters. The van der Waals surface area contributed by atoms with Crippen LogP contribution in [-0.4, -0.2) is 4.98 Å². The monoisotopic (exact) mass is 242 g/mol. The van der Waals surface area contributed by atoms with Gasteiger partial charge >= 0.3 is 0 Å². The molecule has 0 bridgehead atoms. The fraction of sp³-hybridized carbons (Fsp3) is 0.100. The molecule has 0 unspecified atom stereocenters. The molecule has 0 saturated heterocycles. The second kappa shape index (κ2) is 4.59. The van der Waals surface area contributed by atoms with Gasteiger partial charge in [-0.25, -0.2) is 4.98 Å². The Hall–Kier alpha value is -1.13. The maximum Gasteiger partial charge on any atom is 0.214 e. The Bertz CT molecular complexity index is 458. The first-order valence-corrected chi connectivity index (χ1v) is 5.60. The Balaban J connectivity index is 2.02. The van der Waals surface area contributed by atoms with Crippen LogP contribution in [0.25, 0.3) is 0 Å². The lowest BCUT2D eigenvalue weighted by Crippen LogP contribution is -2.01. The highest BCUT2D eigenvalue weighted by atomic mass is 35.5. The summed E-state index contributed by atoms with van der Waals surface area (Å²) >= 11 is 7.39. The van der Waals surface area contributed by atoms with Crippen LogP contribution in [0, 0.1) is 5.95 Å². The van der Waals surface area contributed by atoms with E-state index in [1.54, 1.807) is 12.1 Å². The summed E-state index contributed by atoms with van der Waals surface area (Å²) < 4.78 is 13.5. The van der Waals surface area contributed by atoms with Gasteiger partial charge in [-0.15, -0.1) is 11.3 Å². The average molecular weight is 243 g/mol. The number of hydrogen-bond donors (Lipinski definition) is 1. The van der Waals surface area contributed by atoms with Crippen LogP contribution < -0.4 is 5.32 Å².